The van der Waals surface area contributed by atoms with Gasteiger partial charge in [-0.1, -0.05) is 103 Å². The standard InChI is InChI=1S/C29H54O5/c1-3-5-7-9-11-12-13-14-15-16-18-20-22-24-27(32)29(34,25-30)28(33)26(31)23-21-19-17-10-8-6-4-2/h12-13,28,30,33-34H,3-11,14-25H2,1-2H3. The lowest BCUT2D eigenvalue weighted by molar-refractivity contribution is -0.165. The monoisotopic (exact) mass is 482 g/mol. The maximum Gasteiger partial charge on any atom is 0.178 e. The van der Waals surface area contributed by atoms with Gasteiger partial charge >= 0.3 is 0 Å². The largest absolute Gasteiger partial charge is 0.393 e. The van der Waals surface area contributed by atoms with Crippen molar-refractivity contribution in [3.63, 3.8) is 0 Å². The summed E-state index contributed by atoms with van der Waals surface area (Å²) in [5.41, 5.74) is -2.37. The Balaban J connectivity index is 4.02. The number of carbonyl (C=O) groups is 2. The van der Waals surface area contributed by atoms with Gasteiger partial charge in [-0.15, -0.1) is 0 Å². The number of hydrogen-bond acceptors (Lipinski definition) is 5. The molecular weight excluding hydrogens is 428 g/mol. The molecule has 0 heterocycles. The van der Waals surface area contributed by atoms with Crippen LogP contribution in [-0.4, -0.2) is 45.2 Å². The van der Waals surface area contributed by atoms with E-state index in [0.717, 1.165) is 51.4 Å². The van der Waals surface area contributed by atoms with Crippen molar-refractivity contribution >= 4 is 11.6 Å². The van der Waals surface area contributed by atoms with Gasteiger partial charge in [0, 0.05) is 12.8 Å². The van der Waals surface area contributed by atoms with Gasteiger partial charge in [0.2, 0.25) is 0 Å². The summed E-state index contributed by atoms with van der Waals surface area (Å²) in [6.45, 7) is 3.46. The van der Waals surface area contributed by atoms with Crippen LogP contribution in [0.5, 0.6) is 0 Å². The van der Waals surface area contributed by atoms with Gasteiger partial charge in [0.1, 0.15) is 0 Å². The van der Waals surface area contributed by atoms with Crippen LogP contribution < -0.4 is 0 Å². The lowest BCUT2D eigenvalue weighted by Crippen LogP contribution is -2.55. The third-order valence-electron chi connectivity index (χ3n) is 6.67. The van der Waals surface area contributed by atoms with Gasteiger partial charge in [-0.3, -0.25) is 9.59 Å². The maximum atomic E-state index is 12.5. The highest BCUT2D eigenvalue weighted by Gasteiger charge is 2.45. The fourth-order valence-corrected chi connectivity index (χ4v) is 4.21. The molecule has 0 saturated heterocycles. The minimum Gasteiger partial charge on any atom is -0.393 e. The number of unbranched alkanes of at least 4 members (excludes halogenated alkanes) is 15. The van der Waals surface area contributed by atoms with Crippen LogP contribution in [0, 0.1) is 0 Å². The Hall–Kier alpha value is -1.04. The van der Waals surface area contributed by atoms with Gasteiger partial charge < -0.3 is 15.3 Å². The maximum absolute atomic E-state index is 12.5. The van der Waals surface area contributed by atoms with Gasteiger partial charge in [0.05, 0.1) is 6.61 Å². The van der Waals surface area contributed by atoms with E-state index in [0.29, 0.717) is 12.8 Å². The molecule has 3 N–H and O–H groups in total. The molecule has 0 rings (SSSR count). The van der Waals surface area contributed by atoms with Gasteiger partial charge in [0.15, 0.2) is 23.3 Å². The van der Waals surface area contributed by atoms with Gasteiger partial charge in [0.25, 0.3) is 0 Å². The van der Waals surface area contributed by atoms with Crippen LogP contribution in [0.25, 0.3) is 0 Å². The van der Waals surface area contributed by atoms with Crippen molar-refractivity contribution in [3.05, 3.63) is 12.2 Å². The predicted octanol–water partition coefficient (Wildman–Crippen LogP) is 6.61. The quantitative estimate of drug-likeness (QED) is 0.101. The van der Waals surface area contributed by atoms with E-state index in [1.807, 2.05) is 0 Å². The van der Waals surface area contributed by atoms with E-state index in [2.05, 4.69) is 26.0 Å². The molecule has 0 aliphatic carbocycles. The Morgan fingerprint density at radius 3 is 1.59 bits per heavy atom. The van der Waals surface area contributed by atoms with Gasteiger partial charge in [-0.25, -0.2) is 0 Å². The van der Waals surface area contributed by atoms with Crippen molar-refractivity contribution < 1.29 is 24.9 Å². The minimum absolute atomic E-state index is 0.0660. The number of Topliss-reactive ketones (excluding diaryl/α,β-unsaturated/α-hetero) is 2. The summed E-state index contributed by atoms with van der Waals surface area (Å²) in [4.78, 5) is 24.8. The molecule has 0 aliphatic heterocycles. The van der Waals surface area contributed by atoms with Crippen LogP contribution in [0.2, 0.25) is 0 Å². The molecule has 200 valence electrons. The van der Waals surface area contributed by atoms with Crippen LogP contribution in [0.3, 0.4) is 0 Å². The molecule has 0 saturated carbocycles. The summed E-state index contributed by atoms with van der Waals surface area (Å²) < 4.78 is 0. The van der Waals surface area contributed by atoms with Crippen molar-refractivity contribution in [2.45, 2.75) is 154 Å². The number of ketones is 2. The second-order valence-corrected chi connectivity index (χ2v) is 9.87. The number of aliphatic hydroxyl groups excluding tert-OH is 2. The zero-order valence-electron chi connectivity index (χ0n) is 22.2. The average molecular weight is 483 g/mol. The molecule has 2 atom stereocenters. The summed E-state index contributed by atoms with van der Waals surface area (Å²) in [7, 11) is 0. The molecule has 34 heavy (non-hydrogen) atoms. The Morgan fingerprint density at radius 2 is 1.09 bits per heavy atom. The Kier molecular flexibility index (Phi) is 21.7. The van der Waals surface area contributed by atoms with Crippen LogP contribution in [-0.2, 0) is 9.59 Å². The van der Waals surface area contributed by atoms with Crippen molar-refractivity contribution in [2.75, 3.05) is 6.61 Å². The predicted molar refractivity (Wildman–Crippen MR) is 141 cm³/mol. The van der Waals surface area contributed by atoms with Gasteiger partial charge in [-0.2, -0.15) is 0 Å². The first kappa shape index (κ1) is 33.0. The smallest absolute Gasteiger partial charge is 0.178 e. The molecule has 0 aromatic rings. The van der Waals surface area contributed by atoms with Crippen molar-refractivity contribution in [3.8, 4) is 0 Å². The molecule has 0 aromatic carbocycles. The van der Waals surface area contributed by atoms with E-state index in [-0.39, 0.29) is 12.8 Å². The fourth-order valence-electron chi connectivity index (χ4n) is 4.21. The number of allylic oxidation sites excluding steroid dienone is 2. The Bertz CT molecular complexity index is 531. The summed E-state index contributed by atoms with van der Waals surface area (Å²) >= 11 is 0. The topological polar surface area (TPSA) is 94.8 Å². The molecule has 0 spiro atoms. The molecule has 0 fully saturated rings. The molecule has 0 bridgehead atoms. The van der Waals surface area contributed by atoms with E-state index >= 15 is 0 Å². The first-order valence-electron chi connectivity index (χ1n) is 14.2. The van der Waals surface area contributed by atoms with Crippen LogP contribution in [0.1, 0.15) is 142 Å². The van der Waals surface area contributed by atoms with E-state index in [1.54, 1.807) is 0 Å². The van der Waals surface area contributed by atoms with Crippen molar-refractivity contribution in [1.29, 1.82) is 0 Å². The summed E-state index contributed by atoms with van der Waals surface area (Å²) in [5.74, 6) is -1.20. The molecule has 0 aromatic heterocycles. The zero-order valence-corrected chi connectivity index (χ0v) is 22.2. The van der Waals surface area contributed by atoms with E-state index in [1.165, 1.54) is 51.4 Å². The van der Waals surface area contributed by atoms with E-state index < -0.39 is 29.9 Å². The summed E-state index contributed by atoms with van der Waals surface area (Å²) in [5, 5.41) is 30.4. The van der Waals surface area contributed by atoms with Crippen LogP contribution >= 0.6 is 0 Å². The minimum atomic E-state index is -2.37. The Morgan fingerprint density at radius 1 is 0.676 bits per heavy atom. The molecule has 0 amide bonds. The van der Waals surface area contributed by atoms with Crippen LogP contribution in [0.15, 0.2) is 12.2 Å². The first-order chi connectivity index (χ1) is 16.4. The number of rotatable bonds is 25. The van der Waals surface area contributed by atoms with Crippen molar-refractivity contribution in [1.82, 2.24) is 0 Å². The average Bonchev–Trinajstić information content (AvgIpc) is 2.84. The molecule has 0 radical (unpaired) electrons. The lowest BCUT2D eigenvalue weighted by Gasteiger charge is -2.29. The first-order valence-corrected chi connectivity index (χ1v) is 14.2. The third-order valence-corrected chi connectivity index (χ3v) is 6.67. The number of aliphatic hydroxyl groups is 3. The fraction of sp³-hybridized carbons (Fsp3) is 0.862. The second kappa shape index (κ2) is 22.4. The van der Waals surface area contributed by atoms with E-state index in [4.69, 9.17) is 0 Å². The molecule has 5 nitrogen and oxygen atoms in total. The highest BCUT2D eigenvalue weighted by atomic mass is 16.4. The SMILES string of the molecule is CCCCCCC=CCCCCCCCC(=O)C(O)(CO)C(O)C(=O)CCCCCCCCC. The molecule has 0 aliphatic rings. The lowest BCUT2D eigenvalue weighted by atomic mass is 9.85. The zero-order chi connectivity index (χ0) is 25.5. The van der Waals surface area contributed by atoms with Gasteiger partial charge in [-0.05, 0) is 38.5 Å². The highest BCUT2D eigenvalue weighted by Crippen LogP contribution is 2.20. The molecule has 5 heteroatoms. The number of hydrogen-bond donors (Lipinski definition) is 3. The summed E-state index contributed by atoms with van der Waals surface area (Å²) in [6, 6.07) is 0. The second-order valence-electron chi connectivity index (χ2n) is 9.87. The highest BCUT2D eigenvalue weighted by molar-refractivity contribution is 5.96. The Labute approximate surface area is 209 Å². The molecule has 2 unspecified atom stereocenters. The summed E-state index contributed by atoms with van der Waals surface area (Å²) in [6.07, 6.45) is 22.3. The normalized spacial score (nSPS) is 14.4. The number of carbonyl (C=O) groups excluding carboxylic acids is 2. The molecular formula is C29H54O5. The van der Waals surface area contributed by atoms with Crippen molar-refractivity contribution in [2.24, 2.45) is 0 Å². The van der Waals surface area contributed by atoms with E-state index in [9.17, 15) is 24.9 Å². The third kappa shape index (κ3) is 15.8. The van der Waals surface area contributed by atoms with Crippen LogP contribution in [0.4, 0.5) is 0 Å².